The number of halogens is 1. The summed E-state index contributed by atoms with van der Waals surface area (Å²) in [7, 11) is 0. The Balaban J connectivity index is 2.09. The zero-order valence-electron chi connectivity index (χ0n) is 10.2. The number of aliphatic imine (C=N–C) groups is 2. The minimum Gasteiger partial charge on any atom is -0.240 e. The number of alkyl halides is 1. The second-order valence-electron chi connectivity index (χ2n) is 4.32. The van der Waals surface area contributed by atoms with Crippen LogP contribution in [0.1, 0.15) is 20.3 Å². The van der Waals surface area contributed by atoms with Gasteiger partial charge in [-0.15, -0.1) is 0 Å². The molecule has 3 rings (SSSR count). The molecule has 1 unspecified atom stereocenters. The van der Waals surface area contributed by atoms with E-state index in [9.17, 15) is 4.91 Å². The van der Waals surface area contributed by atoms with E-state index in [0.717, 1.165) is 29.1 Å². The Morgan fingerprint density at radius 3 is 3.11 bits per heavy atom. The average molecular weight is 270 g/mol. The largest absolute Gasteiger partial charge is 0.353 e. The number of nitrogens with one attached hydrogen (secondary N) is 1. The van der Waals surface area contributed by atoms with Gasteiger partial charge in [0.15, 0.2) is 11.3 Å². The molecular weight excluding hydrogens is 256 g/mol. The SMILES string of the molecule is CCCN1C2=NC(Cl)NN2C2=C1[N+](=O)CN=C2C. The van der Waals surface area contributed by atoms with Crippen molar-refractivity contribution in [1.29, 1.82) is 0 Å². The molecule has 0 aromatic carbocycles. The van der Waals surface area contributed by atoms with E-state index in [0.29, 0.717) is 11.8 Å². The zero-order valence-corrected chi connectivity index (χ0v) is 11.0. The van der Waals surface area contributed by atoms with E-state index in [4.69, 9.17) is 11.6 Å². The van der Waals surface area contributed by atoms with E-state index in [2.05, 4.69) is 22.3 Å². The van der Waals surface area contributed by atoms with Crippen LogP contribution < -0.4 is 5.43 Å². The van der Waals surface area contributed by atoms with Crippen LogP contribution in [0.3, 0.4) is 0 Å². The molecule has 3 aliphatic heterocycles. The molecule has 0 amide bonds. The normalized spacial score (nSPS) is 26.4. The topological polar surface area (TPSA) is 63.3 Å². The maximum Gasteiger partial charge on any atom is 0.353 e. The third-order valence-electron chi connectivity index (χ3n) is 3.06. The Morgan fingerprint density at radius 1 is 1.61 bits per heavy atom. The smallest absolute Gasteiger partial charge is 0.240 e. The average Bonchev–Trinajstić information content (AvgIpc) is 2.82. The monoisotopic (exact) mass is 269 g/mol. The summed E-state index contributed by atoms with van der Waals surface area (Å²) in [6, 6.07) is 0. The Labute approximate surface area is 109 Å². The van der Waals surface area contributed by atoms with E-state index in [1.807, 2.05) is 11.8 Å². The van der Waals surface area contributed by atoms with Gasteiger partial charge in [0.1, 0.15) is 0 Å². The number of hydrazine groups is 1. The third kappa shape index (κ3) is 1.47. The molecule has 1 atom stereocenters. The molecule has 7 nitrogen and oxygen atoms in total. The van der Waals surface area contributed by atoms with Gasteiger partial charge in [-0.3, -0.25) is 0 Å². The van der Waals surface area contributed by atoms with Crippen molar-refractivity contribution in [2.24, 2.45) is 9.98 Å². The lowest BCUT2D eigenvalue weighted by molar-refractivity contribution is -0.512. The van der Waals surface area contributed by atoms with Gasteiger partial charge in [0, 0.05) is 4.76 Å². The van der Waals surface area contributed by atoms with Gasteiger partial charge < -0.3 is 0 Å². The number of hydrogen-bond acceptors (Lipinski definition) is 6. The summed E-state index contributed by atoms with van der Waals surface area (Å²) >= 11 is 5.97. The molecular formula is C10H14ClN6O+. The maximum absolute atomic E-state index is 12.0. The first-order valence-electron chi connectivity index (χ1n) is 5.89. The quantitative estimate of drug-likeness (QED) is 0.457. The molecule has 0 spiro atoms. The molecule has 96 valence electrons. The summed E-state index contributed by atoms with van der Waals surface area (Å²) in [4.78, 5) is 22.4. The summed E-state index contributed by atoms with van der Waals surface area (Å²) in [6.07, 6.45) is 0.917. The molecule has 0 aliphatic carbocycles. The van der Waals surface area contributed by atoms with E-state index < -0.39 is 5.62 Å². The lowest BCUT2D eigenvalue weighted by Gasteiger charge is -2.15. The molecule has 0 bridgehead atoms. The second-order valence-corrected chi connectivity index (χ2v) is 4.73. The van der Waals surface area contributed by atoms with Gasteiger partial charge in [-0.25, -0.2) is 10.0 Å². The van der Waals surface area contributed by atoms with Gasteiger partial charge in [0.2, 0.25) is 6.67 Å². The Kier molecular flexibility index (Phi) is 2.60. The number of nitroso groups, excluding NO2 is 1. The molecule has 1 N–H and O–H groups in total. The number of guanidine groups is 1. The minimum atomic E-state index is -0.497. The Hall–Kier alpha value is -1.47. The molecule has 0 saturated carbocycles. The summed E-state index contributed by atoms with van der Waals surface area (Å²) < 4.78 is 0.893. The van der Waals surface area contributed by atoms with E-state index in [-0.39, 0.29) is 6.67 Å². The summed E-state index contributed by atoms with van der Waals surface area (Å²) in [5.41, 5.74) is 4.08. The van der Waals surface area contributed by atoms with Crippen molar-refractivity contribution in [2.45, 2.75) is 25.9 Å². The first kappa shape index (κ1) is 11.6. The van der Waals surface area contributed by atoms with Gasteiger partial charge in [0.25, 0.3) is 0 Å². The summed E-state index contributed by atoms with van der Waals surface area (Å²) in [6.45, 7) is 4.81. The van der Waals surface area contributed by atoms with Crippen molar-refractivity contribution in [1.82, 2.24) is 15.3 Å². The van der Waals surface area contributed by atoms with Crippen LogP contribution in [0.5, 0.6) is 0 Å². The lowest BCUT2D eigenvalue weighted by Crippen LogP contribution is -2.40. The van der Waals surface area contributed by atoms with Crippen LogP contribution in [-0.2, 0) is 0 Å². The van der Waals surface area contributed by atoms with E-state index in [1.165, 1.54) is 0 Å². The number of nitrogens with zero attached hydrogens (tertiary/aromatic N) is 5. The predicted molar refractivity (Wildman–Crippen MR) is 67.7 cm³/mol. The van der Waals surface area contributed by atoms with Gasteiger partial charge in [-0.05, 0) is 13.3 Å². The molecule has 0 aromatic heterocycles. The highest BCUT2D eigenvalue weighted by Crippen LogP contribution is 2.32. The molecule has 8 heteroatoms. The molecule has 0 aromatic rings. The highest BCUT2D eigenvalue weighted by molar-refractivity contribution is 6.21. The van der Waals surface area contributed by atoms with Crippen molar-refractivity contribution >= 4 is 23.3 Å². The Bertz CT molecular complexity index is 510. The number of hydrogen-bond donors (Lipinski definition) is 1. The summed E-state index contributed by atoms with van der Waals surface area (Å²) in [5.74, 6) is 1.29. The fraction of sp³-hybridized carbons (Fsp3) is 0.600. The van der Waals surface area contributed by atoms with Crippen LogP contribution in [0.25, 0.3) is 0 Å². The first-order chi connectivity index (χ1) is 8.63. The van der Waals surface area contributed by atoms with Crippen molar-refractivity contribution in [3.63, 3.8) is 0 Å². The molecule has 18 heavy (non-hydrogen) atoms. The van der Waals surface area contributed by atoms with Gasteiger partial charge in [-0.1, -0.05) is 23.4 Å². The first-order valence-corrected chi connectivity index (χ1v) is 6.33. The van der Waals surface area contributed by atoms with Crippen LogP contribution in [0.4, 0.5) is 0 Å². The van der Waals surface area contributed by atoms with Crippen LogP contribution in [0.15, 0.2) is 21.5 Å². The second kappa shape index (κ2) is 4.03. The highest BCUT2D eigenvalue weighted by Gasteiger charge is 2.51. The van der Waals surface area contributed by atoms with Crippen molar-refractivity contribution < 1.29 is 4.76 Å². The Morgan fingerprint density at radius 2 is 2.39 bits per heavy atom. The van der Waals surface area contributed by atoms with Crippen LogP contribution in [-0.4, -0.2) is 45.2 Å². The van der Waals surface area contributed by atoms with Gasteiger partial charge >= 0.3 is 11.8 Å². The maximum atomic E-state index is 12.0. The fourth-order valence-electron chi connectivity index (χ4n) is 2.35. The van der Waals surface area contributed by atoms with Crippen LogP contribution in [0, 0.1) is 4.91 Å². The fourth-order valence-corrected chi connectivity index (χ4v) is 2.53. The van der Waals surface area contributed by atoms with Crippen molar-refractivity contribution in [3.8, 4) is 0 Å². The number of rotatable bonds is 2. The zero-order chi connectivity index (χ0) is 12.9. The summed E-state index contributed by atoms with van der Waals surface area (Å²) in [5, 5.41) is 1.76. The lowest BCUT2D eigenvalue weighted by atomic mass is 10.2. The van der Waals surface area contributed by atoms with Crippen LogP contribution in [0.2, 0.25) is 0 Å². The van der Waals surface area contributed by atoms with Crippen molar-refractivity contribution in [2.75, 3.05) is 13.2 Å². The third-order valence-corrected chi connectivity index (χ3v) is 3.25. The number of fused-ring (bicyclic) bond motifs is 2. The van der Waals surface area contributed by atoms with Gasteiger partial charge in [-0.2, -0.15) is 15.3 Å². The van der Waals surface area contributed by atoms with E-state index in [1.54, 1.807) is 5.01 Å². The van der Waals surface area contributed by atoms with Crippen LogP contribution >= 0.6 is 11.6 Å². The molecule has 0 fully saturated rings. The van der Waals surface area contributed by atoms with Crippen molar-refractivity contribution in [3.05, 3.63) is 16.4 Å². The standard InChI is InChI=1S/C10H14ClN6O/c1-3-4-15-8-7(6(2)12-5-16(8)18)17-10(15)13-9(11)14-17/h9,14H,3-5H2,1-2H3/q+1. The molecule has 3 heterocycles. The molecule has 0 radical (unpaired) electrons. The molecule has 0 saturated heterocycles. The molecule has 3 aliphatic rings. The van der Waals surface area contributed by atoms with E-state index >= 15 is 0 Å². The van der Waals surface area contributed by atoms with Gasteiger partial charge in [0.05, 0.1) is 12.3 Å². The minimum absolute atomic E-state index is 0.135. The predicted octanol–water partition coefficient (Wildman–Crippen LogP) is 0.791. The highest BCUT2D eigenvalue weighted by atomic mass is 35.5. The number of allylic oxidation sites excluding steroid dienone is 1.